The van der Waals surface area contributed by atoms with Gasteiger partial charge in [0, 0.05) is 12.6 Å². The van der Waals surface area contributed by atoms with Gasteiger partial charge in [-0.3, -0.25) is 4.79 Å². The van der Waals surface area contributed by atoms with Crippen molar-refractivity contribution in [2.75, 3.05) is 40.4 Å². The number of likely N-dealkylation sites (tertiary alicyclic amines) is 1. The predicted octanol–water partition coefficient (Wildman–Crippen LogP) is 3.10. The van der Waals surface area contributed by atoms with Gasteiger partial charge in [0.1, 0.15) is 0 Å². The Morgan fingerprint density at radius 1 is 1.12 bits per heavy atom. The first kappa shape index (κ1) is 19.3. The first-order valence-electron chi connectivity index (χ1n) is 9.13. The van der Waals surface area contributed by atoms with E-state index in [1.807, 2.05) is 18.2 Å². The van der Waals surface area contributed by atoms with Gasteiger partial charge in [0.05, 0.1) is 14.2 Å². The maximum Gasteiger partial charge on any atom is 0.243 e. The molecule has 5 nitrogen and oxygen atoms in total. The molecule has 0 atom stereocenters. The molecule has 5 heteroatoms. The van der Waals surface area contributed by atoms with Crippen LogP contribution in [0.2, 0.25) is 0 Å². The summed E-state index contributed by atoms with van der Waals surface area (Å²) in [6, 6.07) is 5.57. The second-order valence-electron chi connectivity index (χ2n) is 6.35. The topological polar surface area (TPSA) is 50.8 Å². The molecule has 2 rings (SSSR count). The monoisotopic (exact) mass is 346 g/mol. The maximum atomic E-state index is 11.9. The highest BCUT2D eigenvalue weighted by atomic mass is 16.5. The van der Waals surface area contributed by atoms with E-state index in [2.05, 4.69) is 10.2 Å². The Morgan fingerprint density at radius 3 is 2.52 bits per heavy atom. The quantitative estimate of drug-likeness (QED) is 0.580. The highest BCUT2D eigenvalue weighted by molar-refractivity contribution is 5.91. The summed E-state index contributed by atoms with van der Waals surface area (Å²) in [4.78, 5) is 14.4. The fourth-order valence-corrected chi connectivity index (χ4v) is 3.06. The van der Waals surface area contributed by atoms with Crippen LogP contribution in [0.15, 0.2) is 24.3 Å². The fourth-order valence-electron chi connectivity index (χ4n) is 3.06. The summed E-state index contributed by atoms with van der Waals surface area (Å²) >= 11 is 0. The van der Waals surface area contributed by atoms with E-state index < -0.39 is 0 Å². The van der Waals surface area contributed by atoms with E-state index in [4.69, 9.17) is 9.47 Å². The van der Waals surface area contributed by atoms with Crippen molar-refractivity contribution in [1.82, 2.24) is 10.2 Å². The van der Waals surface area contributed by atoms with E-state index in [9.17, 15) is 4.79 Å². The molecule has 1 aliphatic rings. The van der Waals surface area contributed by atoms with Gasteiger partial charge in [-0.2, -0.15) is 0 Å². The lowest BCUT2D eigenvalue weighted by Crippen LogP contribution is -2.30. The van der Waals surface area contributed by atoms with Crippen molar-refractivity contribution in [1.29, 1.82) is 0 Å². The van der Waals surface area contributed by atoms with Crippen LogP contribution in [0.3, 0.4) is 0 Å². The van der Waals surface area contributed by atoms with Gasteiger partial charge in [-0.25, -0.2) is 0 Å². The maximum absolute atomic E-state index is 11.9. The zero-order valence-corrected chi connectivity index (χ0v) is 15.4. The van der Waals surface area contributed by atoms with Crippen molar-refractivity contribution < 1.29 is 14.3 Å². The number of nitrogens with zero attached hydrogens (tertiary/aromatic N) is 1. The molecular weight excluding hydrogens is 316 g/mol. The number of rotatable bonds is 8. The molecule has 0 aliphatic carbocycles. The van der Waals surface area contributed by atoms with E-state index >= 15 is 0 Å². The molecule has 1 heterocycles. The van der Waals surface area contributed by atoms with Gasteiger partial charge >= 0.3 is 0 Å². The Hall–Kier alpha value is -2.01. The van der Waals surface area contributed by atoms with E-state index in [0.29, 0.717) is 18.0 Å². The normalized spacial score (nSPS) is 15.8. The van der Waals surface area contributed by atoms with Crippen molar-refractivity contribution in [3.8, 4) is 11.5 Å². The predicted molar refractivity (Wildman–Crippen MR) is 101 cm³/mol. The van der Waals surface area contributed by atoms with Crippen LogP contribution in [0.1, 0.15) is 37.7 Å². The third-order valence-corrected chi connectivity index (χ3v) is 4.48. The fraction of sp³-hybridized carbons (Fsp3) is 0.550. The van der Waals surface area contributed by atoms with Gasteiger partial charge in [-0.15, -0.1) is 0 Å². The van der Waals surface area contributed by atoms with Gasteiger partial charge in [0.15, 0.2) is 11.5 Å². The van der Waals surface area contributed by atoms with Crippen molar-refractivity contribution in [3.63, 3.8) is 0 Å². The molecule has 1 N–H and O–H groups in total. The summed E-state index contributed by atoms with van der Waals surface area (Å²) in [5, 5.41) is 2.95. The Bertz CT molecular complexity index is 564. The lowest BCUT2D eigenvalue weighted by atomic mass is 10.2. The molecule has 0 bridgehead atoms. The van der Waals surface area contributed by atoms with E-state index in [1.165, 1.54) is 38.8 Å². The molecule has 0 saturated carbocycles. The molecule has 1 aromatic carbocycles. The van der Waals surface area contributed by atoms with Gasteiger partial charge in [0.2, 0.25) is 5.91 Å². The summed E-state index contributed by atoms with van der Waals surface area (Å²) in [5.74, 6) is 1.27. The standard InChI is InChI=1S/C20H30N2O3/c1-24-18-10-8-17(16-19(18)25-2)9-11-20(23)21-12-7-15-22-13-5-3-4-6-14-22/h8-11,16H,3-7,12-15H2,1-2H3,(H,21,23). The second kappa shape index (κ2) is 10.8. The molecule has 138 valence electrons. The van der Waals surface area contributed by atoms with Gasteiger partial charge in [0.25, 0.3) is 0 Å². The number of hydrogen-bond donors (Lipinski definition) is 1. The van der Waals surface area contributed by atoms with Gasteiger partial charge in [-0.05, 0) is 62.7 Å². The summed E-state index contributed by atoms with van der Waals surface area (Å²) < 4.78 is 10.5. The van der Waals surface area contributed by atoms with Crippen molar-refractivity contribution in [3.05, 3.63) is 29.8 Å². The first-order chi connectivity index (χ1) is 12.2. The van der Waals surface area contributed by atoms with Crippen molar-refractivity contribution >= 4 is 12.0 Å². The lowest BCUT2D eigenvalue weighted by Gasteiger charge is -2.19. The van der Waals surface area contributed by atoms with E-state index in [1.54, 1.807) is 26.4 Å². The SMILES string of the molecule is COc1ccc(C=CC(=O)NCCCN2CCCCCC2)cc1OC. The summed E-state index contributed by atoms with van der Waals surface area (Å²) in [5.41, 5.74) is 0.900. The zero-order chi connectivity index (χ0) is 17.9. The number of ether oxygens (including phenoxy) is 2. The molecule has 1 amide bonds. The van der Waals surface area contributed by atoms with Crippen LogP contribution in [0.25, 0.3) is 6.08 Å². The second-order valence-corrected chi connectivity index (χ2v) is 6.35. The highest BCUT2D eigenvalue weighted by Crippen LogP contribution is 2.27. The number of carbonyl (C=O) groups excluding carboxylic acids is 1. The molecule has 1 aliphatic heterocycles. The minimum atomic E-state index is -0.0642. The molecule has 0 aromatic heterocycles. The molecule has 0 spiro atoms. The summed E-state index contributed by atoms with van der Waals surface area (Å²) in [6.45, 7) is 4.19. The molecule has 0 unspecified atom stereocenters. The van der Waals surface area contributed by atoms with Crippen LogP contribution < -0.4 is 14.8 Å². The smallest absolute Gasteiger partial charge is 0.243 e. The number of amides is 1. The molecule has 1 saturated heterocycles. The number of methoxy groups -OCH3 is 2. The molecule has 1 fully saturated rings. The van der Waals surface area contributed by atoms with E-state index in [0.717, 1.165) is 18.5 Å². The van der Waals surface area contributed by atoms with Crippen molar-refractivity contribution in [2.24, 2.45) is 0 Å². The van der Waals surface area contributed by atoms with Gasteiger partial charge < -0.3 is 19.7 Å². The Morgan fingerprint density at radius 2 is 1.84 bits per heavy atom. The Balaban J connectivity index is 1.71. The highest BCUT2D eigenvalue weighted by Gasteiger charge is 2.08. The Labute approximate surface area is 151 Å². The zero-order valence-electron chi connectivity index (χ0n) is 15.4. The number of nitrogens with one attached hydrogen (secondary N) is 1. The number of carbonyl (C=O) groups is 1. The first-order valence-corrected chi connectivity index (χ1v) is 9.13. The third-order valence-electron chi connectivity index (χ3n) is 4.48. The number of benzene rings is 1. The minimum Gasteiger partial charge on any atom is -0.493 e. The summed E-state index contributed by atoms with van der Waals surface area (Å²) in [7, 11) is 3.20. The number of hydrogen-bond acceptors (Lipinski definition) is 4. The average molecular weight is 346 g/mol. The molecule has 0 radical (unpaired) electrons. The van der Waals surface area contributed by atoms with Gasteiger partial charge in [-0.1, -0.05) is 18.9 Å². The van der Waals surface area contributed by atoms with Crippen LogP contribution in [-0.4, -0.2) is 51.2 Å². The average Bonchev–Trinajstić information content (AvgIpc) is 2.92. The van der Waals surface area contributed by atoms with Crippen LogP contribution in [-0.2, 0) is 4.79 Å². The lowest BCUT2D eigenvalue weighted by molar-refractivity contribution is -0.116. The van der Waals surface area contributed by atoms with Crippen molar-refractivity contribution in [2.45, 2.75) is 32.1 Å². The Kier molecular flexibility index (Phi) is 8.32. The van der Waals surface area contributed by atoms with Crippen LogP contribution in [0, 0.1) is 0 Å². The molecular formula is C20H30N2O3. The summed E-state index contributed by atoms with van der Waals surface area (Å²) in [6.07, 6.45) is 9.67. The van der Waals surface area contributed by atoms with Crippen LogP contribution in [0.4, 0.5) is 0 Å². The third kappa shape index (κ3) is 6.78. The molecule has 25 heavy (non-hydrogen) atoms. The van der Waals surface area contributed by atoms with Crippen LogP contribution >= 0.6 is 0 Å². The minimum absolute atomic E-state index is 0.0642. The van der Waals surface area contributed by atoms with Crippen LogP contribution in [0.5, 0.6) is 11.5 Å². The largest absolute Gasteiger partial charge is 0.493 e. The molecule has 1 aromatic rings. The van der Waals surface area contributed by atoms with E-state index in [-0.39, 0.29) is 5.91 Å².